The zero-order valence-electron chi connectivity index (χ0n) is 13.2. The van der Waals surface area contributed by atoms with Crippen LogP contribution in [0.2, 0.25) is 10.0 Å². The van der Waals surface area contributed by atoms with Crippen molar-refractivity contribution in [3.05, 3.63) is 63.9 Å². The largest absolute Gasteiger partial charge is 0.356 e. The first-order valence-electron chi connectivity index (χ1n) is 7.40. The molecule has 0 bridgehead atoms. The van der Waals surface area contributed by atoms with Gasteiger partial charge in [0.2, 0.25) is 0 Å². The Morgan fingerprint density at radius 1 is 1.13 bits per heavy atom. The fraction of sp³-hybridized carbons (Fsp3) is 0.294. The van der Waals surface area contributed by atoms with E-state index < -0.39 is 0 Å². The summed E-state index contributed by atoms with van der Waals surface area (Å²) in [6.45, 7) is 3.36. The maximum atomic E-state index is 6.25. The van der Waals surface area contributed by atoms with Crippen LogP contribution in [-0.4, -0.2) is 24.5 Å². The molecule has 1 aromatic heterocycles. The lowest BCUT2D eigenvalue weighted by Crippen LogP contribution is -2.38. The van der Waals surface area contributed by atoms with Crippen LogP contribution in [-0.2, 0) is 6.54 Å². The van der Waals surface area contributed by atoms with Crippen molar-refractivity contribution >= 4 is 29.2 Å². The number of rotatable bonds is 5. The average Bonchev–Trinajstić information content (AvgIpc) is 2.56. The second-order valence-electron chi connectivity index (χ2n) is 5.16. The highest BCUT2D eigenvalue weighted by Crippen LogP contribution is 2.30. The third-order valence-electron chi connectivity index (χ3n) is 3.45. The molecule has 4 nitrogen and oxygen atoms in total. The molecule has 1 heterocycles. The molecule has 23 heavy (non-hydrogen) atoms. The van der Waals surface area contributed by atoms with Crippen molar-refractivity contribution in [2.24, 2.45) is 4.99 Å². The lowest BCUT2D eigenvalue weighted by molar-refractivity contribution is 0.697. The van der Waals surface area contributed by atoms with E-state index in [-0.39, 0.29) is 5.92 Å². The molecule has 0 amide bonds. The number of guanidine groups is 1. The quantitative estimate of drug-likeness (QED) is 0.635. The van der Waals surface area contributed by atoms with E-state index in [1.165, 1.54) is 0 Å². The minimum atomic E-state index is 0.157. The maximum Gasteiger partial charge on any atom is 0.191 e. The number of hydrogen-bond donors (Lipinski definition) is 2. The number of hydrogen-bond acceptors (Lipinski definition) is 2. The molecule has 0 spiro atoms. The summed E-state index contributed by atoms with van der Waals surface area (Å²) >= 11 is 12.5. The lowest BCUT2D eigenvalue weighted by Gasteiger charge is -2.18. The first-order chi connectivity index (χ1) is 11.1. The Morgan fingerprint density at radius 2 is 1.87 bits per heavy atom. The summed E-state index contributed by atoms with van der Waals surface area (Å²) in [5, 5.41) is 7.89. The molecule has 0 saturated carbocycles. The van der Waals surface area contributed by atoms with E-state index in [0.717, 1.165) is 11.3 Å². The zero-order chi connectivity index (χ0) is 16.7. The molecule has 0 saturated heterocycles. The van der Waals surface area contributed by atoms with Gasteiger partial charge in [-0.25, -0.2) is 0 Å². The van der Waals surface area contributed by atoms with Gasteiger partial charge in [-0.3, -0.25) is 9.98 Å². The van der Waals surface area contributed by atoms with Gasteiger partial charge >= 0.3 is 0 Å². The van der Waals surface area contributed by atoms with Crippen LogP contribution in [0.3, 0.4) is 0 Å². The fourth-order valence-electron chi connectivity index (χ4n) is 2.23. The summed E-state index contributed by atoms with van der Waals surface area (Å²) in [6.07, 6.45) is 1.77. The Kier molecular flexibility index (Phi) is 6.68. The number of aromatic nitrogens is 1. The minimum absolute atomic E-state index is 0.157. The number of nitrogens with zero attached hydrogens (tertiary/aromatic N) is 2. The predicted molar refractivity (Wildman–Crippen MR) is 97.3 cm³/mol. The summed E-state index contributed by atoms with van der Waals surface area (Å²) in [5.41, 5.74) is 1.90. The summed E-state index contributed by atoms with van der Waals surface area (Å²) in [6, 6.07) is 11.4. The first-order valence-corrected chi connectivity index (χ1v) is 8.15. The highest BCUT2D eigenvalue weighted by Gasteiger charge is 2.14. The Bertz CT molecular complexity index is 639. The van der Waals surface area contributed by atoms with Crippen molar-refractivity contribution in [3.63, 3.8) is 0 Å². The third-order valence-corrected chi connectivity index (χ3v) is 4.11. The molecular formula is C17H20Cl2N4. The highest BCUT2D eigenvalue weighted by atomic mass is 35.5. The molecule has 0 aliphatic carbocycles. The topological polar surface area (TPSA) is 49.3 Å². The number of halogens is 2. The summed E-state index contributed by atoms with van der Waals surface area (Å²) in [7, 11) is 1.74. The SMILES string of the molecule is CN=C(NCc1ccccn1)NCC(C)c1c(Cl)cccc1Cl. The van der Waals surface area contributed by atoms with Gasteiger partial charge in [0.05, 0.1) is 12.2 Å². The maximum absolute atomic E-state index is 6.25. The van der Waals surface area contributed by atoms with E-state index in [1.807, 2.05) is 36.4 Å². The van der Waals surface area contributed by atoms with Crippen molar-refractivity contribution in [3.8, 4) is 0 Å². The second-order valence-corrected chi connectivity index (χ2v) is 5.98. The molecule has 1 aromatic carbocycles. The average molecular weight is 351 g/mol. The number of benzene rings is 1. The minimum Gasteiger partial charge on any atom is -0.356 e. The lowest BCUT2D eigenvalue weighted by atomic mass is 10.0. The Morgan fingerprint density at radius 3 is 2.48 bits per heavy atom. The van der Waals surface area contributed by atoms with Gasteiger partial charge in [-0.1, -0.05) is 42.3 Å². The monoisotopic (exact) mass is 350 g/mol. The van der Waals surface area contributed by atoms with Gasteiger partial charge in [0.1, 0.15) is 0 Å². The normalized spacial score (nSPS) is 12.8. The molecule has 0 aliphatic rings. The first kappa shape index (κ1) is 17.6. The molecule has 2 N–H and O–H groups in total. The van der Waals surface area contributed by atoms with E-state index in [1.54, 1.807) is 13.2 Å². The van der Waals surface area contributed by atoms with Gasteiger partial charge in [-0.05, 0) is 29.8 Å². The van der Waals surface area contributed by atoms with Crippen molar-refractivity contribution in [1.82, 2.24) is 15.6 Å². The molecular weight excluding hydrogens is 331 g/mol. The van der Waals surface area contributed by atoms with Crippen LogP contribution in [0.1, 0.15) is 24.1 Å². The van der Waals surface area contributed by atoms with E-state index in [4.69, 9.17) is 23.2 Å². The molecule has 1 atom stereocenters. The van der Waals surface area contributed by atoms with Crippen LogP contribution in [0.25, 0.3) is 0 Å². The van der Waals surface area contributed by atoms with Crippen LogP contribution in [0.4, 0.5) is 0 Å². The van der Waals surface area contributed by atoms with Crippen molar-refractivity contribution < 1.29 is 0 Å². The van der Waals surface area contributed by atoms with Crippen LogP contribution < -0.4 is 10.6 Å². The van der Waals surface area contributed by atoms with Gasteiger partial charge in [0.25, 0.3) is 0 Å². The fourth-order valence-corrected chi connectivity index (χ4v) is 3.00. The highest BCUT2D eigenvalue weighted by molar-refractivity contribution is 6.36. The second kappa shape index (κ2) is 8.75. The summed E-state index contributed by atoms with van der Waals surface area (Å²) < 4.78 is 0. The number of nitrogens with one attached hydrogen (secondary N) is 2. The summed E-state index contributed by atoms with van der Waals surface area (Å²) in [5.74, 6) is 0.871. The van der Waals surface area contributed by atoms with E-state index >= 15 is 0 Å². The van der Waals surface area contributed by atoms with Gasteiger partial charge in [-0.15, -0.1) is 0 Å². The van der Waals surface area contributed by atoms with Gasteiger partial charge in [-0.2, -0.15) is 0 Å². The number of aliphatic imine (C=N–C) groups is 1. The van der Waals surface area contributed by atoms with Crippen LogP contribution in [0, 0.1) is 0 Å². The van der Waals surface area contributed by atoms with E-state index in [2.05, 4.69) is 27.5 Å². The Labute approximate surface area is 146 Å². The van der Waals surface area contributed by atoms with Crippen LogP contribution in [0.5, 0.6) is 0 Å². The molecule has 2 rings (SSSR count). The van der Waals surface area contributed by atoms with Crippen molar-refractivity contribution in [2.75, 3.05) is 13.6 Å². The Hall–Kier alpha value is -1.78. The smallest absolute Gasteiger partial charge is 0.191 e. The van der Waals surface area contributed by atoms with Crippen molar-refractivity contribution in [2.45, 2.75) is 19.4 Å². The standard InChI is InChI=1S/C17H20Cl2N4/c1-12(16-14(18)7-5-8-15(16)19)10-22-17(20-2)23-11-13-6-3-4-9-21-13/h3-9,12H,10-11H2,1-2H3,(H2,20,22,23). The predicted octanol–water partition coefficient (Wildman–Crippen LogP) is 3.86. The van der Waals surface area contributed by atoms with Crippen LogP contribution >= 0.6 is 23.2 Å². The number of pyridine rings is 1. The molecule has 6 heteroatoms. The molecule has 0 radical (unpaired) electrons. The van der Waals surface area contributed by atoms with Gasteiger partial charge in [0.15, 0.2) is 5.96 Å². The zero-order valence-corrected chi connectivity index (χ0v) is 14.7. The molecule has 0 fully saturated rings. The van der Waals surface area contributed by atoms with E-state index in [9.17, 15) is 0 Å². The summed E-state index contributed by atoms with van der Waals surface area (Å²) in [4.78, 5) is 8.49. The molecule has 0 aliphatic heterocycles. The van der Waals surface area contributed by atoms with Gasteiger partial charge in [0, 0.05) is 35.8 Å². The molecule has 2 aromatic rings. The third kappa shape index (κ3) is 5.12. The molecule has 1 unspecified atom stereocenters. The Balaban J connectivity index is 1.90. The molecule has 122 valence electrons. The van der Waals surface area contributed by atoms with Crippen LogP contribution in [0.15, 0.2) is 47.6 Å². The van der Waals surface area contributed by atoms with Crippen molar-refractivity contribution in [1.29, 1.82) is 0 Å². The van der Waals surface area contributed by atoms with Gasteiger partial charge < -0.3 is 10.6 Å². The van der Waals surface area contributed by atoms with E-state index in [0.29, 0.717) is 29.1 Å².